The maximum Gasteiger partial charge on any atom is 0.0817 e. The summed E-state index contributed by atoms with van der Waals surface area (Å²) < 4.78 is 2.38. The molecule has 56 heavy (non-hydrogen) atoms. The Morgan fingerprint density at radius 2 is 1.21 bits per heavy atom. The normalized spacial score (nSPS) is 14.3. The number of para-hydroxylation sites is 2. The molecule has 0 bridgehead atoms. The van der Waals surface area contributed by atoms with Crippen LogP contribution in [0.2, 0.25) is 0 Å². The van der Waals surface area contributed by atoms with Crippen LogP contribution in [0.4, 0.5) is 0 Å². The van der Waals surface area contributed by atoms with Crippen LogP contribution in [-0.2, 0) is 5.41 Å². The lowest BCUT2D eigenvalue weighted by atomic mass is 9.81. The lowest BCUT2D eigenvalue weighted by Crippen LogP contribution is -2.31. The van der Waals surface area contributed by atoms with Gasteiger partial charge in [-0.1, -0.05) is 166 Å². The molecule has 3 heteroatoms. The number of rotatable bonds is 8. The van der Waals surface area contributed by atoms with Crippen molar-refractivity contribution in [2.24, 2.45) is 5.73 Å². The average Bonchev–Trinajstić information content (AvgIpc) is 3.70. The SMILES string of the molecule is CC1(C)c2cc3ccccc3cc2-c2c(/C=C/C(NC(N)c3ccccc3)c3cccc(-c4ccc5c6ccccc6n(-c6ccccc6)c5c4)c3)cccc21. The Morgan fingerprint density at radius 3 is 2.04 bits per heavy atom. The zero-order valence-corrected chi connectivity index (χ0v) is 31.7. The molecule has 0 radical (unpaired) electrons. The molecule has 10 rings (SSSR count). The second-order valence-electron chi connectivity index (χ2n) is 15.6. The summed E-state index contributed by atoms with van der Waals surface area (Å²) in [6.45, 7) is 4.71. The van der Waals surface area contributed by atoms with Crippen molar-refractivity contribution in [2.45, 2.75) is 31.5 Å². The van der Waals surface area contributed by atoms with Gasteiger partial charge in [0.1, 0.15) is 0 Å². The van der Waals surface area contributed by atoms with E-state index in [1.807, 2.05) is 18.2 Å². The van der Waals surface area contributed by atoms with Gasteiger partial charge in [0, 0.05) is 21.9 Å². The summed E-state index contributed by atoms with van der Waals surface area (Å²) in [5.41, 5.74) is 21.5. The number of hydrogen-bond donors (Lipinski definition) is 2. The highest BCUT2D eigenvalue weighted by Crippen LogP contribution is 2.51. The number of fused-ring (bicyclic) bond motifs is 7. The van der Waals surface area contributed by atoms with Gasteiger partial charge in [0.2, 0.25) is 0 Å². The van der Waals surface area contributed by atoms with Crippen LogP contribution in [0.1, 0.15) is 53.9 Å². The molecule has 1 aliphatic carbocycles. The molecule has 1 heterocycles. The van der Waals surface area contributed by atoms with Crippen molar-refractivity contribution in [3.8, 4) is 27.9 Å². The first-order valence-electron chi connectivity index (χ1n) is 19.5. The number of nitrogens with zero attached hydrogens (tertiary/aromatic N) is 1. The van der Waals surface area contributed by atoms with Crippen molar-refractivity contribution >= 4 is 38.7 Å². The van der Waals surface area contributed by atoms with Gasteiger partial charge in [0.15, 0.2) is 0 Å². The third-order valence-corrected chi connectivity index (χ3v) is 11.9. The van der Waals surface area contributed by atoms with E-state index in [1.54, 1.807) is 0 Å². The molecule has 0 saturated carbocycles. The molecule has 2 unspecified atom stereocenters. The highest BCUT2D eigenvalue weighted by Gasteiger charge is 2.36. The zero-order chi connectivity index (χ0) is 37.8. The molecule has 0 fully saturated rings. The predicted molar refractivity (Wildman–Crippen MR) is 236 cm³/mol. The molecule has 270 valence electrons. The minimum Gasteiger partial charge on any atom is -0.312 e. The van der Waals surface area contributed by atoms with Crippen molar-refractivity contribution in [1.82, 2.24) is 9.88 Å². The fraction of sp³-hybridized carbons (Fsp3) is 0.0943. The topological polar surface area (TPSA) is 43.0 Å². The van der Waals surface area contributed by atoms with Gasteiger partial charge >= 0.3 is 0 Å². The van der Waals surface area contributed by atoms with Crippen LogP contribution in [0, 0.1) is 0 Å². The average molecular weight is 722 g/mol. The first-order chi connectivity index (χ1) is 27.4. The lowest BCUT2D eigenvalue weighted by molar-refractivity contribution is 0.509. The minimum absolute atomic E-state index is 0.104. The predicted octanol–water partition coefficient (Wildman–Crippen LogP) is 12.9. The number of nitrogens with one attached hydrogen (secondary N) is 1. The zero-order valence-electron chi connectivity index (χ0n) is 31.7. The number of nitrogens with two attached hydrogens (primary N) is 1. The lowest BCUT2D eigenvalue weighted by Gasteiger charge is -2.23. The fourth-order valence-corrected chi connectivity index (χ4v) is 8.97. The summed E-state index contributed by atoms with van der Waals surface area (Å²) in [5.74, 6) is 0. The molecular formula is C53H43N3. The molecule has 3 nitrogen and oxygen atoms in total. The van der Waals surface area contributed by atoms with Gasteiger partial charge in [-0.15, -0.1) is 0 Å². The smallest absolute Gasteiger partial charge is 0.0817 e. The Labute approximate surface area is 328 Å². The van der Waals surface area contributed by atoms with Gasteiger partial charge < -0.3 is 10.3 Å². The Balaban J connectivity index is 1.08. The van der Waals surface area contributed by atoms with Gasteiger partial charge in [-0.2, -0.15) is 0 Å². The van der Waals surface area contributed by atoms with Gasteiger partial charge in [-0.05, 0) is 103 Å². The van der Waals surface area contributed by atoms with Gasteiger partial charge in [0.05, 0.1) is 23.2 Å². The maximum absolute atomic E-state index is 6.92. The molecule has 9 aromatic rings. The van der Waals surface area contributed by atoms with Gasteiger partial charge in [-0.25, -0.2) is 0 Å². The highest BCUT2D eigenvalue weighted by molar-refractivity contribution is 6.10. The quantitative estimate of drug-likeness (QED) is 0.153. The van der Waals surface area contributed by atoms with E-state index >= 15 is 0 Å². The summed E-state index contributed by atoms with van der Waals surface area (Å²) in [7, 11) is 0. The highest BCUT2D eigenvalue weighted by atomic mass is 15.0. The summed E-state index contributed by atoms with van der Waals surface area (Å²) in [6, 6.07) is 65.5. The summed E-state index contributed by atoms with van der Waals surface area (Å²) in [5, 5.41) is 8.83. The number of benzene rings is 8. The molecule has 1 aliphatic rings. The minimum atomic E-state index is -0.361. The third kappa shape index (κ3) is 5.76. The fourth-order valence-electron chi connectivity index (χ4n) is 8.97. The standard InChI is InChI=1S/C53H43N3/c1-53(2)46-25-14-19-35(51(46)45-32-38-17-9-10-18-39(38)33-47(45)53)28-30-48(55-52(54)36-15-5-3-6-16-36)41-21-13-20-37(31-41)40-27-29-44-43-24-11-12-26-49(43)56(50(44)34-40)42-22-7-4-8-23-42/h3-34,48,52,55H,54H2,1-2H3/b30-28+. The van der Waals surface area contributed by atoms with Crippen molar-refractivity contribution in [3.63, 3.8) is 0 Å². The second kappa shape index (κ2) is 13.6. The van der Waals surface area contributed by atoms with Crippen molar-refractivity contribution < 1.29 is 0 Å². The number of hydrogen-bond acceptors (Lipinski definition) is 2. The number of aromatic nitrogens is 1. The Bertz CT molecular complexity index is 2940. The van der Waals surface area contributed by atoms with E-state index in [0.29, 0.717) is 0 Å². The van der Waals surface area contributed by atoms with E-state index in [4.69, 9.17) is 5.73 Å². The van der Waals surface area contributed by atoms with Gasteiger partial charge in [-0.3, -0.25) is 5.32 Å². The van der Waals surface area contributed by atoms with E-state index in [-0.39, 0.29) is 17.6 Å². The van der Waals surface area contributed by atoms with E-state index in [0.717, 1.165) is 22.4 Å². The largest absolute Gasteiger partial charge is 0.312 e. The molecular weight excluding hydrogens is 679 g/mol. The second-order valence-corrected chi connectivity index (χ2v) is 15.6. The van der Waals surface area contributed by atoms with Crippen LogP contribution >= 0.6 is 0 Å². The Morgan fingerprint density at radius 1 is 0.554 bits per heavy atom. The van der Waals surface area contributed by atoms with E-state index in [1.165, 1.54) is 66.0 Å². The monoisotopic (exact) mass is 721 g/mol. The van der Waals surface area contributed by atoms with Crippen LogP contribution in [0.3, 0.4) is 0 Å². The summed E-state index contributed by atoms with van der Waals surface area (Å²) in [4.78, 5) is 0. The molecule has 0 saturated heterocycles. The molecule has 0 aliphatic heterocycles. The van der Waals surface area contributed by atoms with Crippen molar-refractivity contribution in [3.05, 3.63) is 216 Å². The molecule has 2 atom stereocenters. The maximum atomic E-state index is 6.92. The Hall–Kier alpha value is -6.52. The van der Waals surface area contributed by atoms with Crippen molar-refractivity contribution in [2.75, 3.05) is 0 Å². The van der Waals surface area contributed by atoms with E-state index < -0.39 is 0 Å². The van der Waals surface area contributed by atoms with Crippen LogP contribution in [-0.4, -0.2) is 4.57 Å². The van der Waals surface area contributed by atoms with Crippen LogP contribution in [0.25, 0.3) is 66.6 Å². The van der Waals surface area contributed by atoms with E-state index in [2.05, 4.69) is 200 Å². The Kier molecular flexibility index (Phi) is 8.29. The molecule has 0 spiro atoms. The molecule has 8 aromatic carbocycles. The van der Waals surface area contributed by atoms with Crippen LogP contribution < -0.4 is 11.1 Å². The molecule has 0 amide bonds. The summed E-state index contributed by atoms with van der Waals surface area (Å²) in [6.07, 6.45) is 4.23. The first-order valence-corrected chi connectivity index (χ1v) is 19.5. The first kappa shape index (κ1) is 34.0. The molecule has 3 N–H and O–H groups in total. The van der Waals surface area contributed by atoms with Gasteiger partial charge in [0.25, 0.3) is 0 Å². The van der Waals surface area contributed by atoms with Crippen LogP contribution in [0.5, 0.6) is 0 Å². The third-order valence-electron chi connectivity index (χ3n) is 11.9. The summed E-state index contributed by atoms with van der Waals surface area (Å²) >= 11 is 0. The van der Waals surface area contributed by atoms with E-state index in [9.17, 15) is 0 Å². The van der Waals surface area contributed by atoms with Crippen molar-refractivity contribution in [1.29, 1.82) is 0 Å². The van der Waals surface area contributed by atoms with Crippen LogP contribution in [0.15, 0.2) is 188 Å². The molecule has 1 aromatic heterocycles.